The van der Waals surface area contributed by atoms with Gasteiger partial charge in [-0.05, 0) is 12.8 Å². The zero-order chi connectivity index (χ0) is 13.2. The van der Waals surface area contributed by atoms with Gasteiger partial charge in [0.25, 0.3) is 0 Å². The summed E-state index contributed by atoms with van der Waals surface area (Å²) >= 11 is 0. The number of hydrogen-bond acceptors (Lipinski definition) is 6. The van der Waals surface area contributed by atoms with E-state index >= 15 is 0 Å². The number of nitrogens with one attached hydrogen (secondary N) is 2. The third-order valence-electron chi connectivity index (χ3n) is 3.67. The SMILES string of the molecule is CNC(=O)C1CNCCN1Cc1nc(C2CC2)no1. The van der Waals surface area contributed by atoms with Crippen LogP contribution in [0.3, 0.4) is 0 Å². The molecular weight excluding hydrogens is 246 g/mol. The first-order valence-corrected chi connectivity index (χ1v) is 6.77. The first-order chi connectivity index (χ1) is 9.28. The van der Waals surface area contributed by atoms with Crippen molar-refractivity contribution in [3.05, 3.63) is 11.7 Å². The second kappa shape index (κ2) is 5.26. The molecule has 7 heteroatoms. The molecule has 19 heavy (non-hydrogen) atoms. The van der Waals surface area contributed by atoms with Gasteiger partial charge in [0.1, 0.15) is 6.04 Å². The minimum atomic E-state index is -0.171. The number of amides is 1. The van der Waals surface area contributed by atoms with E-state index in [9.17, 15) is 4.79 Å². The summed E-state index contributed by atoms with van der Waals surface area (Å²) in [7, 11) is 1.66. The first kappa shape index (κ1) is 12.6. The van der Waals surface area contributed by atoms with Crippen LogP contribution in [0.1, 0.15) is 30.5 Å². The Labute approximate surface area is 111 Å². The molecule has 3 rings (SSSR count). The van der Waals surface area contributed by atoms with Crippen molar-refractivity contribution in [3.63, 3.8) is 0 Å². The zero-order valence-corrected chi connectivity index (χ0v) is 11.1. The second-order valence-corrected chi connectivity index (χ2v) is 5.13. The van der Waals surface area contributed by atoms with Gasteiger partial charge in [-0.15, -0.1) is 0 Å². The van der Waals surface area contributed by atoms with Crippen LogP contribution in [0.4, 0.5) is 0 Å². The van der Waals surface area contributed by atoms with Crippen LogP contribution >= 0.6 is 0 Å². The van der Waals surface area contributed by atoms with Gasteiger partial charge >= 0.3 is 0 Å². The number of aromatic nitrogens is 2. The van der Waals surface area contributed by atoms with Crippen molar-refractivity contribution in [2.75, 3.05) is 26.7 Å². The molecule has 1 aliphatic carbocycles. The van der Waals surface area contributed by atoms with E-state index in [1.165, 1.54) is 0 Å². The largest absolute Gasteiger partial charge is 0.358 e. The average Bonchev–Trinajstić information content (AvgIpc) is 3.19. The Morgan fingerprint density at radius 1 is 1.58 bits per heavy atom. The predicted octanol–water partition coefficient (Wildman–Crippen LogP) is -0.533. The standard InChI is InChI=1S/C12H19N5O2/c1-13-12(18)9-6-14-4-5-17(9)7-10-15-11(16-19-10)8-2-3-8/h8-9,14H,2-7H2,1H3,(H,13,18). The Balaban J connectivity index is 1.66. The van der Waals surface area contributed by atoms with Crippen LogP contribution in [-0.4, -0.2) is 53.7 Å². The maximum Gasteiger partial charge on any atom is 0.240 e. The lowest BCUT2D eigenvalue weighted by atomic mass is 10.2. The fourth-order valence-electron chi connectivity index (χ4n) is 2.37. The Hall–Kier alpha value is -1.47. The lowest BCUT2D eigenvalue weighted by Crippen LogP contribution is -2.56. The summed E-state index contributed by atoms with van der Waals surface area (Å²) in [4.78, 5) is 18.3. The van der Waals surface area contributed by atoms with Crippen molar-refractivity contribution >= 4 is 5.91 Å². The van der Waals surface area contributed by atoms with E-state index < -0.39 is 0 Å². The Morgan fingerprint density at radius 2 is 2.42 bits per heavy atom. The number of likely N-dealkylation sites (N-methyl/N-ethyl adjacent to an activating group) is 1. The third-order valence-corrected chi connectivity index (χ3v) is 3.67. The number of rotatable bonds is 4. The van der Waals surface area contributed by atoms with E-state index in [0.717, 1.165) is 31.8 Å². The van der Waals surface area contributed by atoms with E-state index in [-0.39, 0.29) is 11.9 Å². The molecule has 0 radical (unpaired) electrons. The maximum absolute atomic E-state index is 11.8. The van der Waals surface area contributed by atoms with Gasteiger partial charge in [0.05, 0.1) is 6.54 Å². The van der Waals surface area contributed by atoms with E-state index in [0.29, 0.717) is 24.9 Å². The zero-order valence-electron chi connectivity index (χ0n) is 11.1. The Kier molecular flexibility index (Phi) is 3.48. The van der Waals surface area contributed by atoms with Crippen molar-refractivity contribution < 1.29 is 9.32 Å². The highest BCUT2D eigenvalue weighted by Crippen LogP contribution is 2.38. The minimum absolute atomic E-state index is 0.0223. The third kappa shape index (κ3) is 2.76. The van der Waals surface area contributed by atoms with Gasteiger partial charge in [-0.25, -0.2) is 0 Å². The van der Waals surface area contributed by atoms with Crippen molar-refractivity contribution in [2.24, 2.45) is 0 Å². The van der Waals surface area contributed by atoms with Gasteiger partial charge in [-0.2, -0.15) is 4.98 Å². The molecule has 1 saturated carbocycles. The second-order valence-electron chi connectivity index (χ2n) is 5.13. The van der Waals surface area contributed by atoms with E-state index in [1.54, 1.807) is 7.05 Å². The van der Waals surface area contributed by atoms with E-state index in [1.807, 2.05) is 0 Å². The van der Waals surface area contributed by atoms with Crippen LogP contribution in [0.5, 0.6) is 0 Å². The summed E-state index contributed by atoms with van der Waals surface area (Å²) in [5, 5.41) is 9.93. The molecule has 1 amide bonds. The molecule has 7 nitrogen and oxygen atoms in total. The van der Waals surface area contributed by atoms with Gasteiger partial charge in [0.15, 0.2) is 5.82 Å². The molecule has 0 spiro atoms. The topological polar surface area (TPSA) is 83.3 Å². The van der Waals surface area contributed by atoms with Crippen LogP contribution < -0.4 is 10.6 Å². The molecule has 0 bridgehead atoms. The normalized spacial score (nSPS) is 24.4. The molecule has 1 aromatic rings. The van der Waals surface area contributed by atoms with Crippen molar-refractivity contribution in [3.8, 4) is 0 Å². The number of hydrogen-bond donors (Lipinski definition) is 2. The number of carbonyl (C=O) groups is 1. The molecule has 0 aromatic carbocycles. The molecule has 2 heterocycles. The average molecular weight is 265 g/mol. The summed E-state index contributed by atoms with van der Waals surface area (Å²) in [6.07, 6.45) is 2.32. The number of nitrogens with zero attached hydrogens (tertiary/aromatic N) is 3. The van der Waals surface area contributed by atoms with Crippen LogP contribution in [0.2, 0.25) is 0 Å². The number of piperazine rings is 1. The highest BCUT2D eigenvalue weighted by molar-refractivity contribution is 5.81. The molecule has 2 fully saturated rings. The summed E-state index contributed by atoms with van der Waals surface area (Å²) < 4.78 is 5.28. The Morgan fingerprint density at radius 3 is 3.16 bits per heavy atom. The van der Waals surface area contributed by atoms with Crippen molar-refractivity contribution in [1.82, 2.24) is 25.7 Å². The van der Waals surface area contributed by atoms with Crippen molar-refractivity contribution in [1.29, 1.82) is 0 Å². The molecule has 104 valence electrons. The summed E-state index contributed by atoms with van der Waals surface area (Å²) in [6, 6.07) is -0.171. The van der Waals surface area contributed by atoms with Gasteiger partial charge in [-0.3, -0.25) is 9.69 Å². The lowest BCUT2D eigenvalue weighted by Gasteiger charge is -2.33. The smallest absolute Gasteiger partial charge is 0.240 e. The number of carbonyl (C=O) groups excluding carboxylic acids is 1. The summed E-state index contributed by atoms with van der Waals surface area (Å²) in [6.45, 7) is 2.87. The lowest BCUT2D eigenvalue weighted by molar-refractivity contribution is -0.126. The minimum Gasteiger partial charge on any atom is -0.358 e. The first-order valence-electron chi connectivity index (χ1n) is 6.77. The fourth-order valence-corrected chi connectivity index (χ4v) is 2.37. The highest BCUT2D eigenvalue weighted by Gasteiger charge is 2.31. The highest BCUT2D eigenvalue weighted by atomic mass is 16.5. The molecule has 2 aliphatic rings. The van der Waals surface area contributed by atoms with Crippen molar-refractivity contribution in [2.45, 2.75) is 31.3 Å². The van der Waals surface area contributed by atoms with E-state index in [2.05, 4.69) is 25.7 Å². The van der Waals surface area contributed by atoms with Crippen LogP contribution in [0.25, 0.3) is 0 Å². The maximum atomic E-state index is 11.8. The Bertz CT molecular complexity index is 457. The van der Waals surface area contributed by atoms with Gasteiger partial charge in [0.2, 0.25) is 11.8 Å². The molecule has 2 N–H and O–H groups in total. The quantitative estimate of drug-likeness (QED) is 0.761. The van der Waals surface area contributed by atoms with Crippen LogP contribution in [0.15, 0.2) is 4.52 Å². The molecule has 1 aromatic heterocycles. The van der Waals surface area contributed by atoms with Crippen LogP contribution in [-0.2, 0) is 11.3 Å². The summed E-state index contributed by atoms with van der Waals surface area (Å²) in [5.74, 6) is 1.95. The van der Waals surface area contributed by atoms with Gasteiger partial charge < -0.3 is 15.2 Å². The molecule has 1 atom stereocenters. The van der Waals surface area contributed by atoms with Gasteiger partial charge in [0, 0.05) is 32.6 Å². The molecule has 1 saturated heterocycles. The van der Waals surface area contributed by atoms with E-state index in [4.69, 9.17) is 4.52 Å². The predicted molar refractivity (Wildman–Crippen MR) is 67.4 cm³/mol. The molecule has 1 unspecified atom stereocenters. The van der Waals surface area contributed by atoms with Gasteiger partial charge in [-0.1, -0.05) is 5.16 Å². The molecular formula is C12H19N5O2. The van der Waals surface area contributed by atoms with Crippen LogP contribution in [0, 0.1) is 0 Å². The monoisotopic (exact) mass is 265 g/mol. The fraction of sp³-hybridized carbons (Fsp3) is 0.750. The summed E-state index contributed by atoms with van der Waals surface area (Å²) in [5.41, 5.74) is 0. The molecule has 1 aliphatic heterocycles.